The molecule has 0 spiro atoms. The van der Waals surface area contributed by atoms with Crippen molar-refractivity contribution in [3.8, 4) is 0 Å². The van der Waals surface area contributed by atoms with Crippen LogP contribution in [-0.4, -0.2) is 14.3 Å². The number of nitrogens with one attached hydrogen (secondary N) is 2. The van der Waals surface area contributed by atoms with E-state index in [0.717, 1.165) is 11.1 Å². The molecule has 1 atom stereocenters. The normalized spacial score (nSPS) is 12.8. The van der Waals surface area contributed by atoms with Gasteiger partial charge in [-0.25, -0.2) is 8.42 Å². The number of hydrogen-bond acceptors (Lipinski definition) is 3. The lowest BCUT2D eigenvalue weighted by Crippen LogP contribution is -2.27. The zero-order valence-electron chi connectivity index (χ0n) is 20.1. The van der Waals surface area contributed by atoms with Crippen LogP contribution in [0.4, 0.5) is 5.69 Å². The Morgan fingerprint density at radius 3 is 2.06 bits per heavy atom. The van der Waals surface area contributed by atoms with Gasteiger partial charge in [0.05, 0.1) is 16.6 Å². The zero-order chi connectivity index (χ0) is 24.4. The van der Waals surface area contributed by atoms with E-state index in [9.17, 15) is 13.2 Å². The van der Waals surface area contributed by atoms with E-state index in [4.69, 9.17) is 0 Å². The Kier molecular flexibility index (Phi) is 6.98. The quantitative estimate of drug-likeness (QED) is 0.477. The molecule has 0 saturated heterocycles. The van der Waals surface area contributed by atoms with E-state index in [1.807, 2.05) is 26.0 Å². The zero-order valence-corrected chi connectivity index (χ0v) is 20.9. The maximum Gasteiger partial charge on any atom is 0.261 e. The van der Waals surface area contributed by atoms with E-state index in [1.165, 1.54) is 5.56 Å². The van der Waals surface area contributed by atoms with Gasteiger partial charge in [0.15, 0.2) is 0 Å². The highest BCUT2D eigenvalue weighted by Gasteiger charge is 2.20. The van der Waals surface area contributed by atoms with E-state index in [-0.39, 0.29) is 22.3 Å². The molecule has 0 bridgehead atoms. The van der Waals surface area contributed by atoms with Gasteiger partial charge in [0, 0.05) is 5.56 Å². The fourth-order valence-corrected chi connectivity index (χ4v) is 4.67. The molecule has 0 aliphatic heterocycles. The second-order valence-electron chi connectivity index (χ2n) is 9.46. The van der Waals surface area contributed by atoms with Gasteiger partial charge in [-0.3, -0.25) is 9.52 Å². The third kappa shape index (κ3) is 5.82. The number of carbonyl (C=O) groups excluding carboxylic acids is 1. The average molecular weight is 465 g/mol. The molecule has 3 aromatic rings. The maximum absolute atomic E-state index is 13.0. The van der Waals surface area contributed by atoms with E-state index in [1.54, 1.807) is 49.4 Å². The maximum atomic E-state index is 13.0. The molecule has 5 nitrogen and oxygen atoms in total. The van der Waals surface area contributed by atoms with Gasteiger partial charge < -0.3 is 5.32 Å². The summed E-state index contributed by atoms with van der Waals surface area (Å²) in [5, 5.41) is 3.02. The van der Waals surface area contributed by atoms with Gasteiger partial charge in [0.25, 0.3) is 15.9 Å². The summed E-state index contributed by atoms with van der Waals surface area (Å²) in [5.41, 5.74) is 4.66. The number of carbonyl (C=O) groups is 1. The van der Waals surface area contributed by atoms with Gasteiger partial charge in [0.2, 0.25) is 0 Å². The molecule has 0 aromatic heterocycles. The van der Waals surface area contributed by atoms with Crippen LogP contribution in [0, 0.1) is 13.8 Å². The summed E-state index contributed by atoms with van der Waals surface area (Å²) < 4.78 is 28.2. The molecule has 0 heterocycles. The molecule has 174 valence electrons. The molecule has 2 N–H and O–H groups in total. The third-order valence-corrected chi connectivity index (χ3v) is 7.16. The predicted molar refractivity (Wildman–Crippen MR) is 134 cm³/mol. The van der Waals surface area contributed by atoms with Crippen molar-refractivity contribution in [2.24, 2.45) is 0 Å². The third-order valence-electron chi connectivity index (χ3n) is 5.78. The van der Waals surface area contributed by atoms with Crippen molar-refractivity contribution in [3.05, 3.63) is 94.5 Å². The summed E-state index contributed by atoms with van der Waals surface area (Å²) in [4.78, 5) is 13.2. The second kappa shape index (κ2) is 9.40. The first-order valence-corrected chi connectivity index (χ1v) is 12.5. The molecule has 1 amide bonds. The topological polar surface area (TPSA) is 75.3 Å². The Morgan fingerprint density at radius 2 is 1.48 bits per heavy atom. The lowest BCUT2D eigenvalue weighted by atomic mass is 9.86. The number of sulfonamides is 1. The summed E-state index contributed by atoms with van der Waals surface area (Å²) in [5.74, 6) is -0.253. The molecule has 6 heteroatoms. The molecule has 33 heavy (non-hydrogen) atoms. The smallest absolute Gasteiger partial charge is 0.261 e. The van der Waals surface area contributed by atoms with E-state index >= 15 is 0 Å². The Bertz CT molecular complexity index is 1240. The number of rotatable bonds is 6. The van der Waals surface area contributed by atoms with Crippen molar-refractivity contribution in [1.29, 1.82) is 0 Å². The molecule has 0 aliphatic rings. The fraction of sp³-hybridized carbons (Fsp3) is 0.296. The molecule has 0 aliphatic carbocycles. The average Bonchev–Trinajstić information content (AvgIpc) is 2.74. The van der Waals surface area contributed by atoms with Crippen LogP contribution < -0.4 is 10.0 Å². The Labute approximate surface area is 197 Å². The van der Waals surface area contributed by atoms with Crippen LogP contribution >= 0.6 is 0 Å². The highest BCUT2D eigenvalue weighted by Crippen LogP contribution is 2.26. The summed E-state index contributed by atoms with van der Waals surface area (Å²) >= 11 is 0. The van der Waals surface area contributed by atoms with Gasteiger partial charge in [-0.05, 0) is 67.1 Å². The van der Waals surface area contributed by atoms with E-state index < -0.39 is 10.0 Å². The first-order chi connectivity index (χ1) is 15.4. The standard InChI is InChI=1S/C27H32N2O3S/c1-18-10-16-23(17-11-18)33(31,32)29-25-9-7-8-24(19(25)2)26(30)28-20(3)21-12-14-22(15-13-21)27(4,5)6/h7-17,20,29H,1-6H3,(H,28,30)/t20-/m1/s1. The lowest BCUT2D eigenvalue weighted by Gasteiger charge is -2.21. The molecule has 0 radical (unpaired) electrons. The summed E-state index contributed by atoms with van der Waals surface area (Å²) in [6, 6.07) is 19.7. The monoisotopic (exact) mass is 464 g/mol. The van der Waals surface area contributed by atoms with Gasteiger partial charge in [0.1, 0.15) is 0 Å². The van der Waals surface area contributed by atoms with Gasteiger partial charge in [-0.15, -0.1) is 0 Å². The van der Waals surface area contributed by atoms with Crippen LogP contribution in [-0.2, 0) is 15.4 Å². The fourth-order valence-electron chi connectivity index (χ4n) is 3.54. The minimum Gasteiger partial charge on any atom is -0.346 e. The van der Waals surface area contributed by atoms with Crippen LogP contribution in [0.15, 0.2) is 71.6 Å². The Balaban J connectivity index is 1.78. The number of aryl methyl sites for hydroxylation is 1. The molecule has 3 aromatic carbocycles. The van der Waals surface area contributed by atoms with Crippen LogP contribution in [0.2, 0.25) is 0 Å². The predicted octanol–water partition coefficient (Wildman–Crippen LogP) is 5.89. The lowest BCUT2D eigenvalue weighted by molar-refractivity contribution is 0.0939. The van der Waals surface area contributed by atoms with Crippen molar-refractivity contribution in [1.82, 2.24) is 5.32 Å². The van der Waals surface area contributed by atoms with Crippen molar-refractivity contribution in [2.75, 3.05) is 4.72 Å². The SMILES string of the molecule is Cc1ccc(S(=O)(=O)Nc2cccc(C(=O)N[C@H](C)c3ccc(C(C)(C)C)cc3)c2C)cc1. The number of benzene rings is 3. The second-order valence-corrected chi connectivity index (χ2v) is 11.1. The molecule has 0 saturated carbocycles. The first-order valence-electron chi connectivity index (χ1n) is 11.0. The van der Waals surface area contributed by atoms with E-state index in [2.05, 4.69) is 42.9 Å². The van der Waals surface area contributed by atoms with Crippen molar-refractivity contribution in [2.45, 2.75) is 57.9 Å². The van der Waals surface area contributed by atoms with Crippen LogP contribution in [0.1, 0.15) is 66.3 Å². The molecule has 0 unspecified atom stereocenters. The number of amides is 1. The molecule has 3 rings (SSSR count). The summed E-state index contributed by atoms with van der Waals surface area (Å²) in [6.45, 7) is 12.1. The first kappa shape index (κ1) is 24.5. The number of anilines is 1. The molecular formula is C27H32N2O3S. The summed E-state index contributed by atoms with van der Waals surface area (Å²) in [6.07, 6.45) is 0. The highest BCUT2D eigenvalue weighted by molar-refractivity contribution is 7.92. The highest BCUT2D eigenvalue weighted by atomic mass is 32.2. The van der Waals surface area contributed by atoms with Crippen molar-refractivity contribution in [3.63, 3.8) is 0 Å². The Hall–Kier alpha value is -3.12. The van der Waals surface area contributed by atoms with Gasteiger partial charge in [-0.1, -0.05) is 68.8 Å². The van der Waals surface area contributed by atoms with Gasteiger partial charge >= 0.3 is 0 Å². The largest absolute Gasteiger partial charge is 0.346 e. The van der Waals surface area contributed by atoms with Crippen LogP contribution in [0.3, 0.4) is 0 Å². The van der Waals surface area contributed by atoms with Crippen molar-refractivity contribution >= 4 is 21.6 Å². The molecule has 0 fully saturated rings. The minimum absolute atomic E-state index is 0.0640. The van der Waals surface area contributed by atoms with E-state index in [0.29, 0.717) is 16.8 Å². The van der Waals surface area contributed by atoms with Gasteiger partial charge in [-0.2, -0.15) is 0 Å². The van der Waals surface area contributed by atoms with Crippen molar-refractivity contribution < 1.29 is 13.2 Å². The van der Waals surface area contributed by atoms with Crippen LogP contribution in [0.5, 0.6) is 0 Å². The molecular weight excluding hydrogens is 432 g/mol. The number of hydrogen-bond donors (Lipinski definition) is 2. The Morgan fingerprint density at radius 1 is 0.879 bits per heavy atom. The summed E-state index contributed by atoms with van der Waals surface area (Å²) in [7, 11) is -3.76. The van der Waals surface area contributed by atoms with Crippen LogP contribution in [0.25, 0.3) is 0 Å². The minimum atomic E-state index is -3.76.